The van der Waals surface area contributed by atoms with Gasteiger partial charge < -0.3 is 19.7 Å². The highest BCUT2D eigenvalue weighted by Crippen LogP contribution is 2.37. The molecule has 4 rings (SSSR count). The smallest absolute Gasteiger partial charge is 0.256 e. The second kappa shape index (κ2) is 8.20. The predicted molar refractivity (Wildman–Crippen MR) is 113 cm³/mol. The maximum absolute atomic E-state index is 11.9. The number of methoxy groups -OCH3 is 2. The molecule has 0 spiro atoms. The van der Waals surface area contributed by atoms with Gasteiger partial charge in [-0.15, -0.1) is 11.3 Å². The third-order valence-corrected chi connectivity index (χ3v) is 6.12. The quantitative estimate of drug-likeness (QED) is 0.664. The molecule has 0 unspecified atom stereocenters. The molecule has 0 saturated carbocycles. The fourth-order valence-electron chi connectivity index (χ4n) is 3.50. The van der Waals surface area contributed by atoms with Gasteiger partial charge in [-0.25, -0.2) is 15.0 Å². The molecule has 1 aliphatic rings. The van der Waals surface area contributed by atoms with Crippen molar-refractivity contribution in [2.24, 2.45) is 0 Å². The standard InChI is InChI=1S/C20H23N5O3S/c1-4-17(26)25-6-5-13(10-25)24-18-14-8-16(29-20(14)23-11-22-18)12-7-15(27-2)19(28-3)21-9-12/h7-9,11,13H,4-6,10H2,1-3H3,(H,22,23,24)/t13-/m0/s1. The van der Waals surface area contributed by atoms with Crippen molar-refractivity contribution in [1.82, 2.24) is 19.9 Å². The summed E-state index contributed by atoms with van der Waals surface area (Å²) in [4.78, 5) is 28.9. The van der Waals surface area contributed by atoms with E-state index in [1.54, 1.807) is 38.1 Å². The number of hydrogen-bond acceptors (Lipinski definition) is 8. The van der Waals surface area contributed by atoms with E-state index in [4.69, 9.17) is 9.47 Å². The SMILES string of the molecule is CCC(=O)N1CC[C@H](Nc2ncnc3sc(-c4cnc(OC)c(OC)c4)cc23)C1. The summed E-state index contributed by atoms with van der Waals surface area (Å²) >= 11 is 1.57. The van der Waals surface area contributed by atoms with Gasteiger partial charge in [0.2, 0.25) is 5.91 Å². The molecule has 1 aliphatic heterocycles. The fourth-order valence-corrected chi connectivity index (χ4v) is 4.48. The van der Waals surface area contributed by atoms with E-state index in [2.05, 4.69) is 26.3 Å². The highest BCUT2D eigenvalue weighted by atomic mass is 32.1. The Morgan fingerprint density at radius 2 is 2.14 bits per heavy atom. The first-order chi connectivity index (χ1) is 14.1. The molecular weight excluding hydrogens is 390 g/mol. The van der Waals surface area contributed by atoms with Crippen molar-refractivity contribution in [3.8, 4) is 22.1 Å². The zero-order valence-corrected chi connectivity index (χ0v) is 17.5. The number of anilines is 1. The summed E-state index contributed by atoms with van der Waals surface area (Å²) in [5.74, 6) is 2.02. The van der Waals surface area contributed by atoms with E-state index in [1.807, 2.05) is 17.9 Å². The van der Waals surface area contributed by atoms with E-state index < -0.39 is 0 Å². The number of pyridine rings is 1. The van der Waals surface area contributed by atoms with E-state index in [1.165, 1.54) is 0 Å². The van der Waals surface area contributed by atoms with Crippen LogP contribution >= 0.6 is 11.3 Å². The second-order valence-electron chi connectivity index (χ2n) is 6.81. The van der Waals surface area contributed by atoms with Gasteiger partial charge >= 0.3 is 0 Å². The van der Waals surface area contributed by atoms with Gasteiger partial charge in [-0.3, -0.25) is 4.79 Å². The summed E-state index contributed by atoms with van der Waals surface area (Å²) in [7, 11) is 3.16. The van der Waals surface area contributed by atoms with E-state index in [-0.39, 0.29) is 11.9 Å². The van der Waals surface area contributed by atoms with Gasteiger partial charge in [-0.1, -0.05) is 6.92 Å². The summed E-state index contributed by atoms with van der Waals surface area (Å²) in [6.07, 6.45) is 4.78. The van der Waals surface area contributed by atoms with Gasteiger partial charge in [0.15, 0.2) is 5.75 Å². The molecule has 152 valence electrons. The number of amides is 1. The van der Waals surface area contributed by atoms with Crippen LogP contribution in [0.25, 0.3) is 20.7 Å². The minimum Gasteiger partial charge on any atom is -0.491 e. The van der Waals surface area contributed by atoms with Crippen LogP contribution in [0, 0.1) is 0 Å². The molecule has 1 atom stereocenters. The van der Waals surface area contributed by atoms with Crippen molar-refractivity contribution in [1.29, 1.82) is 0 Å². The lowest BCUT2D eigenvalue weighted by Crippen LogP contribution is -2.31. The van der Waals surface area contributed by atoms with Gasteiger partial charge in [-0.05, 0) is 18.6 Å². The van der Waals surface area contributed by atoms with Crippen molar-refractivity contribution in [2.75, 3.05) is 32.6 Å². The highest BCUT2D eigenvalue weighted by molar-refractivity contribution is 7.21. The van der Waals surface area contributed by atoms with Crippen molar-refractivity contribution in [3.05, 3.63) is 24.7 Å². The third kappa shape index (κ3) is 3.82. The van der Waals surface area contributed by atoms with Crippen LogP contribution in [0.4, 0.5) is 5.82 Å². The first-order valence-corrected chi connectivity index (χ1v) is 10.3. The lowest BCUT2D eigenvalue weighted by molar-refractivity contribution is -0.129. The van der Waals surface area contributed by atoms with Crippen LogP contribution in [0.2, 0.25) is 0 Å². The number of ether oxygens (including phenoxy) is 2. The van der Waals surface area contributed by atoms with Crippen LogP contribution < -0.4 is 14.8 Å². The number of rotatable bonds is 6. The topological polar surface area (TPSA) is 89.5 Å². The molecule has 4 heterocycles. The minimum atomic E-state index is 0.190. The lowest BCUT2D eigenvalue weighted by atomic mass is 10.2. The predicted octanol–water partition coefficient (Wildman–Crippen LogP) is 3.19. The zero-order valence-electron chi connectivity index (χ0n) is 16.6. The lowest BCUT2D eigenvalue weighted by Gasteiger charge is -2.16. The largest absolute Gasteiger partial charge is 0.491 e. The van der Waals surface area contributed by atoms with Crippen LogP contribution in [0.5, 0.6) is 11.6 Å². The molecule has 1 N–H and O–H groups in total. The number of carbonyl (C=O) groups excluding carboxylic acids is 1. The number of nitrogens with one attached hydrogen (secondary N) is 1. The van der Waals surface area contributed by atoms with E-state index >= 15 is 0 Å². The molecule has 3 aromatic rings. The van der Waals surface area contributed by atoms with Crippen LogP contribution in [-0.2, 0) is 4.79 Å². The number of carbonyl (C=O) groups is 1. The third-order valence-electron chi connectivity index (χ3n) is 5.03. The molecule has 0 aliphatic carbocycles. The number of hydrogen-bond donors (Lipinski definition) is 1. The first-order valence-electron chi connectivity index (χ1n) is 9.50. The Morgan fingerprint density at radius 1 is 1.28 bits per heavy atom. The van der Waals surface area contributed by atoms with Crippen molar-refractivity contribution < 1.29 is 14.3 Å². The first kappa shape index (κ1) is 19.4. The molecule has 9 heteroatoms. The van der Waals surface area contributed by atoms with Crippen LogP contribution in [0.15, 0.2) is 24.7 Å². The average molecular weight is 414 g/mol. The Kier molecular flexibility index (Phi) is 5.48. The molecule has 8 nitrogen and oxygen atoms in total. The molecule has 1 amide bonds. The maximum atomic E-state index is 11.9. The van der Waals surface area contributed by atoms with Gasteiger partial charge in [0, 0.05) is 42.2 Å². The maximum Gasteiger partial charge on any atom is 0.256 e. The molecule has 1 fully saturated rings. The Labute approximate surface area is 172 Å². The van der Waals surface area contributed by atoms with E-state index in [9.17, 15) is 4.79 Å². The van der Waals surface area contributed by atoms with Crippen molar-refractivity contribution in [3.63, 3.8) is 0 Å². The van der Waals surface area contributed by atoms with Gasteiger partial charge in [0.1, 0.15) is 17.0 Å². The highest BCUT2D eigenvalue weighted by Gasteiger charge is 2.26. The molecule has 0 bridgehead atoms. The molecule has 1 saturated heterocycles. The monoisotopic (exact) mass is 413 g/mol. The summed E-state index contributed by atoms with van der Waals surface area (Å²) < 4.78 is 10.6. The van der Waals surface area contributed by atoms with Crippen LogP contribution in [0.1, 0.15) is 19.8 Å². The Balaban J connectivity index is 1.60. The van der Waals surface area contributed by atoms with Gasteiger partial charge in [0.05, 0.1) is 19.6 Å². The molecule has 29 heavy (non-hydrogen) atoms. The summed E-state index contributed by atoms with van der Waals surface area (Å²) in [6.45, 7) is 3.38. The molecule has 0 aromatic carbocycles. The normalized spacial score (nSPS) is 16.2. The Morgan fingerprint density at radius 3 is 2.90 bits per heavy atom. The number of fused-ring (bicyclic) bond motifs is 1. The second-order valence-corrected chi connectivity index (χ2v) is 7.84. The summed E-state index contributed by atoms with van der Waals surface area (Å²) in [5.41, 5.74) is 0.928. The van der Waals surface area contributed by atoms with Crippen molar-refractivity contribution in [2.45, 2.75) is 25.8 Å². The summed E-state index contributed by atoms with van der Waals surface area (Å²) in [6, 6.07) is 4.16. The Hall–Kier alpha value is -2.94. The van der Waals surface area contributed by atoms with Crippen LogP contribution in [-0.4, -0.2) is 59.1 Å². The van der Waals surface area contributed by atoms with Gasteiger partial charge in [0.25, 0.3) is 5.88 Å². The van der Waals surface area contributed by atoms with Gasteiger partial charge in [-0.2, -0.15) is 0 Å². The van der Waals surface area contributed by atoms with E-state index in [0.29, 0.717) is 24.6 Å². The summed E-state index contributed by atoms with van der Waals surface area (Å²) in [5, 5.41) is 4.46. The number of aromatic nitrogens is 3. The zero-order chi connectivity index (χ0) is 20.4. The van der Waals surface area contributed by atoms with Crippen molar-refractivity contribution >= 4 is 33.3 Å². The van der Waals surface area contributed by atoms with E-state index in [0.717, 1.165) is 39.4 Å². The molecular formula is C20H23N5O3S. The molecule has 3 aromatic heterocycles. The molecule has 0 radical (unpaired) electrons. The minimum absolute atomic E-state index is 0.190. The Bertz CT molecular complexity index is 1040. The number of thiophene rings is 1. The number of nitrogens with zero attached hydrogens (tertiary/aromatic N) is 4. The number of likely N-dealkylation sites (tertiary alicyclic amines) is 1. The van der Waals surface area contributed by atoms with Crippen LogP contribution in [0.3, 0.4) is 0 Å². The fraction of sp³-hybridized carbons (Fsp3) is 0.400. The average Bonchev–Trinajstić information content (AvgIpc) is 3.40.